The fraction of sp³-hybridized carbons (Fsp3) is 0.227. The van der Waals surface area contributed by atoms with Crippen LogP contribution in [0, 0.1) is 0 Å². The third kappa shape index (κ3) is 6.83. The van der Waals surface area contributed by atoms with E-state index in [4.69, 9.17) is 0 Å². The normalized spacial score (nSPS) is 17.0. The van der Waals surface area contributed by atoms with Crippen molar-refractivity contribution in [3.05, 3.63) is 268 Å². The lowest BCUT2D eigenvalue weighted by atomic mass is 9.68. The molecule has 0 N–H and O–H groups in total. The fourth-order valence-corrected chi connectivity index (χ4v) is 14.6. The number of rotatable bonds is 6. The summed E-state index contributed by atoms with van der Waals surface area (Å²) in [5.41, 5.74) is 26.6. The third-order valence-electron chi connectivity index (χ3n) is 18.5. The van der Waals surface area contributed by atoms with E-state index in [0.29, 0.717) is 5.92 Å². The molecule has 1 spiro atoms. The van der Waals surface area contributed by atoms with Gasteiger partial charge in [-0.05, 0) is 172 Å². The molecule has 1 saturated carbocycles. The van der Waals surface area contributed by atoms with Crippen LogP contribution >= 0.6 is 0 Å². The van der Waals surface area contributed by atoms with Crippen LogP contribution in [0.1, 0.15) is 142 Å². The van der Waals surface area contributed by atoms with Crippen molar-refractivity contribution in [3.8, 4) is 44.5 Å². The van der Waals surface area contributed by atoms with Gasteiger partial charge >= 0.3 is 0 Å². The highest BCUT2D eigenvalue weighted by molar-refractivity contribution is 6.04. The number of anilines is 3. The van der Waals surface area contributed by atoms with E-state index in [0.717, 1.165) is 11.4 Å². The molecule has 0 aliphatic heterocycles. The quantitative estimate of drug-likeness (QED) is 0.160. The van der Waals surface area contributed by atoms with Gasteiger partial charge in [-0.3, -0.25) is 0 Å². The molecule has 1 heteroatoms. The predicted molar refractivity (Wildman–Crippen MR) is 321 cm³/mol. The Morgan fingerprint density at radius 2 is 0.855 bits per heavy atom. The van der Waals surface area contributed by atoms with Crippen LogP contribution in [0.25, 0.3) is 55.3 Å². The standard InChI is InChI=1S/C75H67N/c1-72(2,3)51-36-40-59-60-41-37-52(73(4,5)6)45-68(60)75(67(59)44-51)65-34-18-15-29-57(65)61-43-39-54(47-69(61)75)76(53-38-42-58-56-28-14-17-33-64(56)74(7,66(58)46-53)50-26-12-9-13-27-50)70-35-19-16-30-62(70)63-32-21-25-49-24-20-31-55(71(49)63)48-22-10-8-11-23-48/h9,12-21,24-48H,8,10-11,22-23H2,1-7H3. The maximum absolute atomic E-state index is 2.62. The molecule has 14 rings (SSSR count). The van der Waals surface area contributed by atoms with Crippen LogP contribution in [-0.2, 0) is 21.7 Å². The fourth-order valence-electron chi connectivity index (χ4n) is 14.6. The van der Waals surface area contributed by atoms with Gasteiger partial charge in [0.25, 0.3) is 0 Å². The first kappa shape index (κ1) is 46.8. The molecule has 1 atom stereocenters. The molecule has 0 amide bonds. The second-order valence-electron chi connectivity index (χ2n) is 24.8. The van der Waals surface area contributed by atoms with E-state index in [2.05, 4.69) is 266 Å². The molecule has 10 aromatic rings. The van der Waals surface area contributed by atoms with Crippen LogP contribution in [0.15, 0.2) is 212 Å². The summed E-state index contributed by atoms with van der Waals surface area (Å²) in [7, 11) is 0. The number of hydrogen-bond acceptors (Lipinski definition) is 1. The molecule has 4 aliphatic carbocycles. The Hall–Kier alpha value is -7.74. The summed E-state index contributed by atoms with van der Waals surface area (Å²) in [5.74, 6) is 0.556. The van der Waals surface area contributed by atoms with E-state index in [1.165, 1.54) is 149 Å². The van der Waals surface area contributed by atoms with Gasteiger partial charge in [-0.15, -0.1) is 0 Å². The molecule has 0 bridgehead atoms. The summed E-state index contributed by atoms with van der Waals surface area (Å²) in [4.78, 5) is 2.62. The van der Waals surface area contributed by atoms with Crippen molar-refractivity contribution < 1.29 is 0 Å². The molecule has 0 heterocycles. The summed E-state index contributed by atoms with van der Waals surface area (Å²) in [6.45, 7) is 16.6. The number of benzene rings is 10. The third-order valence-corrected chi connectivity index (χ3v) is 18.5. The van der Waals surface area contributed by atoms with Crippen molar-refractivity contribution in [2.45, 2.75) is 108 Å². The van der Waals surface area contributed by atoms with E-state index in [1.807, 2.05) is 0 Å². The Morgan fingerprint density at radius 3 is 1.49 bits per heavy atom. The first-order valence-corrected chi connectivity index (χ1v) is 28.1. The molecule has 372 valence electrons. The summed E-state index contributed by atoms with van der Waals surface area (Å²) < 4.78 is 0. The molecule has 0 aromatic heterocycles. The highest BCUT2D eigenvalue weighted by atomic mass is 15.1. The molecule has 1 unspecified atom stereocenters. The SMILES string of the molecule is CC(C)(C)c1ccc2c(c1)C1(c3ccccc3-c3ccc(N(c4ccc5c(c4)C(C)(c4ccccc4)c4ccccc4-5)c4ccccc4-c4cccc5cccc(C6CCCCC6)c45)cc31)c1cc(C(C)(C)C)ccc1-2. The molecule has 0 saturated heterocycles. The van der Waals surface area contributed by atoms with Crippen molar-refractivity contribution in [1.82, 2.24) is 0 Å². The highest BCUT2D eigenvalue weighted by Crippen LogP contribution is 2.65. The van der Waals surface area contributed by atoms with Crippen LogP contribution < -0.4 is 4.90 Å². The largest absolute Gasteiger partial charge is 0.310 e. The van der Waals surface area contributed by atoms with Gasteiger partial charge in [-0.2, -0.15) is 0 Å². The van der Waals surface area contributed by atoms with Crippen LogP contribution in [0.2, 0.25) is 0 Å². The lowest BCUT2D eigenvalue weighted by Gasteiger charge is -2.34. The minimum absolute atomic E-state index is 0.0369. The van der Waals surface area contributed by atoms with Gasteiger partial charge in [-0.25, -0.2) is 0 Å². The van der Waals surface area contributed by atoms with Crippen LogP contribution in [0.4, 0.5) is 17.1 Å². The number of hydrogen-bond donors (Lipinski definition) is 0. The van der Waals surface area contributed by atoms with Crippen LogP contribution in [0.5, 0.6) is 0 Å². The summed E-state index contributed by atoms with van der Waals surface area (Å²) in [6.07, 6.45) is 6.43. The lowest BCUT2D eigenvalue weighted by Crippen LogP contribution is -2.27. The topological polar surface area (TPSA) is 3.24 Å². The Kier molecular flexibility index (Phi) is 10.5. The van der Waals surface area contributed by atoms with E-state index < -0.39 is 5.41 Å². The molecule has 0 radical (unpaired) electrons. The van der Waals surface area contributed by atoms with E-state index >= 15 is 0 Å². The zero-order chi connectivity index (χ0) is 51.7. The predicted octanol–water partition coefficient (Wildman–Crippen LogP) is 20.3. The van der Waals surface area contributed by atoms with Gasteiger partial charge in [0.05, 0.1) is 11.1 Å². The van der Waals surface area contributed by atoms with Crippen molar-refractivity contribution in [2.75, 3.05) is 4.90 Å². The first-order chi connectivity index (χ1) is 36.8. The Balaban J connectivity index is 1.07. The van der Waals surface area contributed by atoms with Gasteiger partial charge in [0.2, 0.25) is 0 Å². The monoisotopic (exact) mass is 982 g/mol. The van der Waals surface area contributed by atoms with Gasteiger partial charge in [0.1, 0.15) is 0 Å². The molecular weight excluding hydrogens is 915 g/mol. The van der Waals surface area contributed by atoms with Gasteiger partial charge in [0, 0.05) is 22.4 Å². The Labute approximate surface area is 451 Å². The first-order valence-electron chi connectivity index (χ1n) is 28.1. The highest BCUT2D eigenvalue weighted by Gasteiger charge is 2.53. The minimum atomic E-state index is -0.545. The number of nitrogens with zero attached hydrogens (tertiary/aromatic N) is 1. The average molecular weight is 982 g/mol. The Bertz CT molecular complexity index is 3890. The summed E-state index contributed by atoms with van der Waals surface area (Å²) in [5, 5.41) is 2.72. The lowest BCUT2D eigenvalue weighted by molar-refractivity contribution is 0.445. The van der Waals surface area contributed by atoms with Crippen molar-refractivity contribution in [1.29, 1.82) is 0 Å². The molecule has 76 heavy (non-hydrogen) atoms. The van der Waals surface area contributed by atoms with Crippen LogP contribution in [-0.4, -0.2) is 0 Å². The second kappa shape index (κ2) is 17.1. The Morgan fingerprint density at radius 1 is 0.382 bits per heavy atom. The molecule has 10 aromatic carbocycles. The van der Waals surface area contributed by atoms with Crippen molar-refractivity contribution in [2.24, 2.45) is 0 Å². The summed E-state index contributed by atoms with van der Waals surface area (Å²) >= 11 is 0. The molecular formula is C75H67N. The smallest absolute Gasteiger partial charge is 0.0726 e. The maximum atomic E-state index is 2.62. The molecule has 4 aliphatic rings. The van der Waals surface area contributed by atoms with Gasteiger partial charge in [-0.1, -0.05) is 243 Å². The van der Waals surface area contributed by atoms with Gasteiger partial charge in [0.15, 0.2) is 0 Å². The zero-order valence-electron chi connectivity index (χ0n) is 45.3. The van der Waals surface area contributed by atoms with E-state index in [1.54, 1.807) is 0 Å². The second-order valence-corrected chi connectivity index (χ2v) is 24.8. The number of fused-ring (bicyclic) bond motifs is 14. The summed E-state index contributed by atoms with van der Waals surface area (Å²) in [6, 6.07) is 82.6. The van der Waals surface area contributed by atoms with E-state index in [9.17, 15) is 0 Å². The van der Waals surface area contributed by atoms with Gasteiger partial charge < -0.3 is 4.90 Å². The van der Waals surface area contributed by atoms with Crippen LogP contribution in [0.3, 0.4) is 0 Å². The van der Waals surface area contributed by atoms with Crippen molar-refractivity contribution >= 4 is 27.8 Å². The average Bonchev–Trinajstić information content (AvgIpc) is 4.25. The van der Waals surface area contributed by atoms with Crippen molar-refractivity contribution in [3.63, 3.8) is 0 Å². The zero-order valence-corrected chi connectivity index (χ0v) is 45.3. The molecule has 1 fully saturated rings. The van der Waals surface area contributed by atoms with E-state index in [-0.39, 0.29) is 16.2 Å². The minimum Gasteiger partial charge on any atom is -0.310 e. The number of para-hydroxylation sites is 1. The maximum Gasteiger partial charge on any atom is 0.0726 e. The molecule has 1 nitrogen and oxygen atoms in total.